The van der Waals surface area contributed by atoms with E-state index >= 15 is 0 Å². The molecular weight excluding hydrogens is 388 g/mol. The lowest BCUT2D eigenvalue weighted by Gasteiger charge is -2.34. The first-order valence-electron chi connectivity index (χ1n) is 10.0. The van der Waals surface area contributed by atoms with E-state index < -0.39 is 10.0 Å². The number of hydrogen-bond donors (Lipinski definition) is 0. The van der Waals surface area contributed by atoms with Crippen LogP contribution in [0.2, 0.25) is 0 Å². The second kappa shape index (κ2) is 8.61. The lowest BCUT2D eigenvalue weighted by molar-refractivity contribution is 0.0628. The normalized spacial score (nSPS) is 18.8. The third-order valence-corrected chi connectivity index (χ3v) is 7.47. The van der Waals surface area contributed by atoms with Crippen molar-refractivity contribution < 1.29 is 13.2 Å². The predicted octanol–water partition coefficient (Wildman–Crippen LogP) is 1.82. The first kappa shape index (κ1) is 20.0. The van der Waals surface area contributed by atoms with E-state index in [2.05, 4.69) is 16.0 Å². The molecule has 2 aromatic rings. The summed E-state index contributed by atoms with van der Waals surface area (Å²) in [7, 11) is -3.52. The van der Waals surface area contributed by atoms with Crippen LogP contribution in [0.3, 0.4) is 0 Å². The molecule has 2 saturated heterocycles. The largest absolute Gasteiger partial charge is 0.336 e. The van der Waals surface area contributed by atoms with Crippen LogP contribution in [-0.2, 0) is 16.6 Å². The number of pyridine rings is 1. The van der Waals surface area contributed by atoms with Crippen molar-refractivity contribution in [1.82, 2.24) is 19.1 Å². The first-order chi connectivity index (χ1) is 14.0. The van der Waals surface area contributed by atoms with E-state index in [-0.39, 0.29) is 10.8 Å². The van der Waals surface area contributed by atoms with Crippen molar-refractivity contribution >= 4 is 15.9 Å². The van der Waals surface area contributed by atoms with Gasteiger partial charge in [0.2, 0.25) is 10.0 Å². The van der Waals surface area contributed by atoms with E-state index in [4.69, 9.17) is 0 Å². The van der Waals surface area contributed by atoms with Gasteiger partial charge in [0.15, 0.2) is 0 Å². The highest BCUT2D eigenvalue weighted by Crippen LogP contribution is 2.22. The molecule has 0 spiro atoms. The molecule has 0 unspecified atom stereocenters. The number of carbonyl (C=O) groups is 1. The van der Waals surface area contributed by atoms with Crippen LogP contribution in [0.4, 0.5) is 0 Å². The number of sulfonamides is 1. The summed E-state index contributed by atoms with van der Waals surface area (Å²) in [6.07, 6.45) is 5.41. The number of rotatable bonds is 5. The monoisotopic (exact) mass is 414 g/mol. The minimum atomic E-state index is -3.52. The van der Waals surface area contributed by atoms with Gasteiger partial charge in [0.1, 0.15) is 0 Å². The van der Waals surface area contributed by atoms with Crippen LogP contribution in [0, 0.1) is 0 Å². The first-order valence-corrected chi connectivity index (χ1v) is 11.5. The molecule has 7 nitrogen and oxygen atoms in total. The lowest BCUT2D eigenvalue weighted by atomic mass is 10.1. The van der Waals surface area contributed by atoms with Gasteiger partial charge in [0.05, 0.1) is 4.90 Å². The summed E-state index contributed by atoms with van der Waals surface area (Å²) in [6.45, 7) is 4.75. The van der Waals surface area contributed by atoms with Crippen LogP contribution in [0.25, 0.3) is 0 Å². The van der Waals surface area contributed by atoms with Crippen LogP contribution >= 0.6 is 0 Å². The topological polar surface area (TPSA) is 73.8 Å². The van der Waals surface area contributed by atoms with E-state index in [1.54, 1.807) is 29.3 Å². The Morgan fingerprint density at radius 2 is 1.72 bits per heavy atom. The molecule has 0 atom stereocenters. The maximum Gasteiger partial charge on any atom is 0.253 e. The molecule has 2 fully saturated rings. The number of carbonyl (C=O) groups excluding carboxylic acids is 1. The van der Waals surface area contributed by atoms with Crippen molar-refractivity contribution in [3.05, 3.63) is 59.9 Å². The summed E-state index contributed by atoms with van der Waals surface area (Å²) >= 11 is 0. The Hall–Kier alpha value is -2.29. The van der Waals surface area contributed by atoms with Gasteiger partial charge in [-0.25, -0.2) is 8.42 Å². The summed E-state index contributed by atoms with van der Waals surface area (Å²) in [4.78, 5) is 21.4. The van der Waals surface area contributed by atoms with Gasteiger partial charge in [-0.15, -0.1) is 0 Å². The lowest BCUT2D eigenvalue weighted by Crippen LogP contribution is -2.48. The highest BCUT2D eigenvalue weighted by molar-refractivity contribution is 7.89. The van der Waals surface area contributed by atoms with E-state index in [9.17, 15) is 13.2 Å². The molecule has 1 aromatic heterocycles. The Morgan fingerprint density at radius 3 is 2.41 bits per heavy atom. The third kappa shape index (κ3) is 4.49. The molecule has 0 N–H and O–H groups in total. The van der Waals surface area contributed by atoms with Crippen molar-refractivity contribution in [3.8, 4) is 0 Å². The molecule has 4 rings (SSSR count). The number of amides is 1. The molecule has 2 aliphatic heterocycles. The highest BCUT2D eigenvalue weighted by atomic mass is 32.2. The summed E-state index contributed by atoms with van der Waals surface area (Å²) < 4.78 is 27.1. The summed E-state index contributed by atoms with van der Waals surface area (Å²) in [5, 5.41) is 0. The zero-order valence-corrected chi connectivity index (χ0v) is 17.2. The fourth-order valence-corrected chi connectivity index (χ4v) is 5.47. The van der Waals surface area contributed by atoms with Crippen LogP contribution in [0.1, 0.15) is 28.8 Å². The summed E-state index contributed by atoms with van der Waals surface area (Å²) in [5.41, 5.74) is 1.60. The minimum Gasteiger partial charge on any atom is -0.336 e. The zero-order chi connectivity index (χ0) is 20.3. The van der Waals surface area contributed by atoms with Crippen molar-refractivity contribution in [3.63, 3.8) is 0 Å². The number of nitrogens with zero attached hydrogens (tertiary/aromatic N) is 4. The van der Waals surface area contributed by atoms with Gasteiger partial charge < -0.3 is 4.90 Å². The average molecular weight is 415 g/mol. The van der Waals surface area contributed by atoms with Gasteiger partial charge >= 0.3 is 0 Å². The van der Waals surface area contributed by atoms with Gasteiger partial charge in [-0.2, -0.15) is 4.31 Å². The van der Waals surface area contributed by atoms with E-state index in [0.29, 0.717) is 31.7 Å². The van der Waals surface area contributed by atoms with E-state index in [0.717, 1.165) is 38.0 Å². The second-order valence-electron chi connectivity index (χ2n) is 7.57. The smallest absolute Gasteiger partial charge is 0.253 e. The van der Waals surface area contributed by atoms with Crippen molar-refractivity contribution in [2.24, 2.45) is 0 Å². The Morgan fingerprint density at radius 1 is 0.966 bits per heavy atom. The SMILES string of the molecule is O=C(c1cccc(S(=O)(=O)N2CCCC2)c1)N1CCN(Cc2cccnc2)CC1. The number of benzene rings is 1. The van der Waals surface area contributed by atoms with Crippen molar-refractivity contribution in [2.45, 2.75) is 24.3 Å². The summed E-state index contributed by atoms with van der Waals surface area (Å²) in [6, 6.07) is 10.4. The van der Waals surface area contributed by atoms with Crippen LogP contribution in [0.5, 0.6) is 0 Å². The van der Waals surface area contributed by atoms with E-state index in [1.807, 2.05) is 12.3 Å². The van der Waals surface area contributed by atoms with Crippen molar-refractivity contribution in [2.75, 3.05) is 39.3 Å². The average Bonchev–Trinajstić information content (AvgIpc) is 3.31. The third-order valence-electron chi connectivity index (χ3n) is 5.57. The zero-order valence-electron chi connectivity index (χ0n) is 16.4. The molecule has 0 saturated carbocycles. The second-order valence-corrected chi connectivity index (χ2v) is 9.51. The maximum absolute atomic E-state index is 13.0. The molecule has 0 bridgehead atoms. The minimum absolute atomic E-state index is 0.107. The number of piperazine rings is 1. The summed E-state index contributed by atoms with van der Waals surface area (Å²) in [5.74, 6) is -0.107. The highest BCUT2D eigenvalue weighted by Gasteiger charge is 2.28. The van der Waals surface area contributed by atoms with Crippen molar-refractivity contribution in [1.29, 1.82) is 0 Å². The van der Waals surface area contributed by atoms with Crippen LogP contribution < -0.4 is 0 Å². The molecule has 0 aliphatic carbocycles. The molecule has 0 radical (unpaired) electrons. The Bertz CT molecular complexity index is 951. The molecular formula is C21H26N4O3S. The number of hydrogen-bond acceptors (Lipinski definition) is 5. The van der Waals surface area contributed by atoms with Gasteiger partial charge in [0.25, 0.3) is 5.91 Å². The molecule has 3 heterocycles. The van der Waals surface area contributed by atoms with Gasteiger partial charge in [-0.1, -0.05) is 12.1 Å². The Balaban J connectivity index is 1.40. The standard InChI is InChI=1S/C21H26N4O3S/c26-21(24-13-11-23(12-14-24)17-18-5-4-8-22-16-18)19-6-3-7-20(15-19)29(27,28)25-9-1-2-10-25/h3-8,15-16H,1-2,9-14,17H2. The fourth-order valence-electron chi connectivity index (χ4n) is 3.91. The predicted molar refractivity (Wildman–Crippen MR) is 110 cm³/mol. The van der Waals surface area contributed by atoms with Gasteiger partial charge in [0, 0.05) is 63.8 Å². The maximum atomic E-state index is 13.0. The molecule has 1 aromatic carbocycles. The van der Waals surface area contributed by atoms with Crippen LogP contribution in [0.15, 0.2) is 53.7 Å². The molecule has 2 aliphatic rings. The van der Waals surface area contributed by atoms with E-state index in [1.165, 1.54) is 10.4 Å². The molecule has 8 heteroatoms. The fraction of sp³-hybridized carbons (Fsp3) is 0.429. The molecule has 29 heavy (non-hydrogen) atoms. The Kier molecular flexibility index (Phi) is 5.94. The van der Waals surface area contributed by atoms with Crippen LogP contribution in [-0.4, -0.2) is 72.7 Å². The van der Waals surface area contributed by atoms with Gasteiger partial charge in [-0.3, -0.25) is 14.7 Å². The Labute approximate surface area is 172 Å². The van der Waals surface area contributed by atoms with Gasteiger partial charge in [-0.05, 0) is 42.7 Å². The molecule has 154 valence electrons. The quantitative estimate of drug-likeness (QED) is 0.746. The number of aromatic nitrogens is 1. The molecule has 1 amide bonds.